The molecule has 0 saturated carbocycles. The van der Waals surface area contributed by atoms with E-state index in [9.17, 15) is 0 Å². The Morgan fingerprint density at radius 3 is 2.60 bits per heavy atom. The van der Waals surface area contributed by atoms with Crippen molar-refractivity contribution in [1.82, 2.24) is 9.78 Å². The quantitative estimate of drug-likeness (QED) is 0.814. The molecule has 20 heavy (non-hydrogen) atoms. The van der Waals surface area contributed by atoms with Gasteiger partial charge in [-0.1, -0.05) is 50.6 Å². The molecule has 1 aromatic carbocycles. The van der Waals surface area contributed by atoms with Gasteiger partial charge in [0.15, 0.2) is 0 Å². The molecule has 1 aromatic heterocycles. The van der Waals surface area contributed by atoms with Gasteiger partial charge in [-0.25, -0.2) is 4.68 Å². The Balaban J connectivity index is 2.27. The predicted molar refractivity (Wildman–Crippen MR) is 92.8 cm³/mol. The summed E-state index contributed by atoms with van der Waals surface area (Å²) in [7, 11) is 0. The third-order valence-electron chi connectivity index (χ3n) is 3.11. The maximum Gasteiger partial charge on any atom is 0.135 e. The van der Waals surface area contributed by atoms with E-state index >= 15 is 0 Å². The van der Waals surface area contributed by atoms with Gasteiger partial charge in [0.2, 0.25) is 0 Å². The number of rotatable bonds is 3. The van der Waals surface area contributed by atoms with E-state index in [1.165, 1.54) is 11.1 Å². The van der Waals surface area contributed by atoms with Crippen molar-refractivity contribution in [2.75, 3.05) is 5.73 Å². The zero-order chi connectivity index (χ0) is 14.9. The lowest BCUT2D eigenvalue weighted by atomic mass is 9.91. The van der Waals surface area contributed by atoms with E-state index in [1.54, 1.807) is 0 Å². The van der Waals surface area contributed by atoms with Crippen molar-refractivity contribution in [1.29, 1.82) is 0 Å². The van der Waals surface area contributed by atoms with Crippen molar-refractivity contribution >= 4 is 28.4 Å². The lowest BCUT2D eigenvalue weighted by Crippen LogP contribution is -2.11. The molecule has 0 atom stereocenters. The van der Waals surface area contributed by atoms with E-state index in [0.29, 0.717) is 0 Å². The van der Waals surface area contributed by atoms with E-state index in [2.05, 4.69) is 74.6 Å². The Hall–Kier alpha value is -1.04. The summed E-state index contributed by atoms with van der Waals surface area (Å²) < 4.78 is 3.00. The lowest BCUT2D eigenvalue weighted by molar-refractivity contribution is 0.403. The molecule has 0 unspecified atom stereocenters. The van der Waals surface area contributed by atoms with Crippen LogP contribution in [0.25, 0.3) is 0 Å². The zero-order valence-electron chi connectivity index (χ0n) is 12.6. The highest BCUT2D eigenvalue weighted by Crippen LogP contribution is 2.27. The second kappa shape index (κ2) is 5.76. The van der Waals surface area contributed by atoms with Crippen LogP contribution < -0.4 is 5.73 Å². The van der Waals surface area contributed by atoms with Crippen LogP contribution in [-0.4, -0.2) is 9.78 Å². The Bertz CT molecular complexity index is 609. The summed E-state index contributed by atoms with van der Waals surface area (Å²) in [4.78, 5) is 0. The number of hydrogen-bond donors (Lipinski definition) is 1. The van der Waals surface area contributed by atoms with Crippen LogP contribution in [0, 0.1) is 15.9 Å². The van der Waals surface area contributed by atoms with E-state index < -0.39 is 0 Å². The summed E-state index contributed by atoms with van der Waals surface area (Å²) in [6.45, 7) is 9.49. The zero-order valence-corrected chi connectivity index (χ0v) is 14.7. The van der Waals surface area contributed by atoms with Crippen LogP contribution in [0.4, 0.5) is 5.82 Å². The van der Waals surface area contributed by atoms with Gasteiger partial charge < -0.3 is 5.73 Å². The smallest absolute Gasteiger partial charge is 0.135 e. The molecule has 108 valence electrons. The van der Waals surface area contributed by atoms with Gasteiger partial charge >= 0.3 is 0 Å². The fraction of sp³-hybridized carbons (Fsp3) is 0.438. The molecule has 0 aliphatic carbocycles. The van der Waals surface area contributed by atoms with Gasteiger partial charge in [-0.05, 0) is 46.9 Å². The lowest BCUT2D eigenvalue weighted by Gasteiger charge is -2.16. The first kappa shape index (κ1) is 15.4. The van der Waals surface area contributed by atoms with Crippen molar-refractivity contribution in [2.45, 2.75) is 40.7 Å². The first-order valence-electron chi connectivity index (χ1n) is 6.82. The average Bonchev–Trinajstić information content (AvgIpc) is 2.56. The number of anilines is 1. The second-order valence-electron chi connectivity index (χ2n) is 6.53. The maximum atomic E-state index is 6.20. The molecule has 4 heteroatoms. The van der Waals surface area contributed by atoms with Gasteiger partial charge in [-0.2, -0.15) is 5.10 Å². The van der Waals surface area contributed by atoms with E-state index in [1.807, 2.05) is 4.68 Å². The molecule has 2 aromatic rings. The van der Waals surface area contributed by atoms with Gasteiger partial charge in [0.25, 0.3) is 0 Å². The number of hydrogen-bond acceptors (Lipinski definition) is 2. The molecule has 0 saturated heterocycles. The highest BCUT2D eigenvalue weighted by molar-refractivity contribution is 14.1. The Morgan fingerprint density at radius 1 is 1.30 bits per heavy atom. The van der Waals surface area contributed by atoms with E-state index in [-0.39, 0.29) is 5.41 Å². The van der Waals surface area contributed by atoms with Crippen molar-refractivity contribution in [3.05, 3.63) is 44.7 Å². The Morgan fingerprint density at radius 2 is 2.00 bits per heavy atom. The topological polar surface area (TPSA) is 43.8 Å². The SMILES string of the molecule is Cc1cccc(Cn2nc(CC(C)(C)C)c(I)c2N)c1. The van der Waals surface area contributed by atoms with Crippen LogP contribution in [0.5, 0.6) is 0 Å². The molecule has 0 bridgehead atoms. The second-order valence-corrected chi connectivity index (χ2v) is 7.61. The molecule has 0 radical (unpaired) electrons. The van der Waals surface area contributed by atoms with Crippen LogP contribution in [0.15, 0.2) is 24.3 Å². The van der Waals surface area contributed by atoms with Gasteiger partial charge in [-0.15, -0.1) is 0 Å². The Kier molecular flexibility index (Phi) is 4.42. The first-order valence-corrected chi connectivity index (χ1v) is 7.90. The number of nitrogens with two attached hydrogens (primary N) is 1. The highest BCUT2D eigenvalue weighted by atomic mass is 127. The standard InChI is InChI=1S/C16H22IN3/c1-11-6-5-7-12(8-11)10-20-15(18)14(17)13(19-20)9-16(2,3)4/h5-8H,9-10,18H2,1-4H3. The summed E-state index contributed by atoms with van der Waals surface area (Å²) in [5, 5.41) is 4.70. The largest absolute Gasteiger partial charge is 0.383 e. The summed E-state index contributed by atoms with van der Waals surface area (Å²) >= 11 is 2.31. The van der Waals surface area contributed by atoms with Crippen molar-refractivity contribution < 1.29 is 0 Å². The molecule has 3 nitrogen and oxygen atoms in total. The summed E-state index contributed by atoms with van der Waals surface area (Å²) in [6.07, 6.45) is 0.941. The van der Waals surface area contributed by atoms with Crippen LogP contribution in [0.3, 0.4) is 0 Å². The molecular formula is C16H22IN3. The minimum Gasteiger partial charge on any atom is -0.383 e. The monoisotopic (exact) mass is 383 g/mol. The number of nitrogen functional groups attached to an aromatic ring is 1. The molecule has 1 heterocycles. The third-order valence-corrected chi connectivity index (χ3v) is 4.29. The minimum absolute atomic E-state index is 0.217. The average molecular weight is 383 g/mol. The molecule has 0 fully saturated rings. The summed E-state index contributed by atoms with van der Waals surface area (Å²) in [5.41, 5.74) is 10.0. The number of nitrogens with zero attached hydrogens (tertiary/aromatic N) is 2. The van der Waals surface area contributed by atoms with E-state index in [4.69, 9.17) is 10.8 Å². The van der Waals surface area contributed by atoms with E-state index in [0.717, 1.165) is 28.0 Å². The van der Waals surface area contributed by atoms with Gasteiger partial charge in [-0.3, -0.25) is 0 Å². The number of benzene rings is 1. The van der Waals surface area contributed by atoms with Crippen molar-refractivity contribution in [3.63, 3.8) is 0 Å². The number of halogens is 1. The van der Waals surface area contributed by atoms with Crippen LogP contribution >= 0.6 is 22.6 Å². The molecule has 0 amide bonds. The summed E-state index contributed by atoms with van der Waals surface area (Å²) in [6, 6.07) is 8.47. The normalized spacial score (nSPS) is 11.8. The summed E-state index contributed by atoms with van der Waals surface area (Å²) in [5.74, 6) is 0.770. The highest BCUT2D eigenvalue weighted by Gasteiger charge is 2.19. The minimum atomic E-state index is 0.217. The molecule has 0 spiro atoms. The first-order chi connectivity index (χ1) is 9.26. The molecular weight excluding hydrogens is 361 g/mol. The fourth-order valence-corrected chi connectivity index (χ4v) is 2.80. The molecule has 2 N–H and O–H groups in total. The van der Waals surface area contributed by atoms with Crippen molar-refractivity contribution in [3.8, 4) is 0 Å². The van der Waals surface area contributed by atoms with Crippen molar-refractivity contribution in [2.24, 2.45) is 5.41 Å². The number of aryl methyl sites for hydroxylation is 1. The number of aromatic nitrogens is 2. The van der Waals surface area contributed by atoms with Gasteiger partial charge in [0.1, 0.15) is 5.82 Å². The predicted octanol–water partition coefficient (Wildman–Crippen LogP) is 4.02. The molecule has 0 aliphatic heterocycles. The fourth-order valence-electron chi connectivity index (χ4n) is 2.22. The Labute approximate surface area is 134 Å². The van der Waals surface area contributed by atoms with Gasteiger partial charge in [0.05, 0.1) is 15.8 Å². The third kappa shape index (κ3) is 3.75. The van der Waals surface area contributed by atoms with Crippen LogP contribution in [0.1, 0.15) is 37.6 Å². The van der Waals surface area contributed by atoms with Crippen LogP contribution in [0.2, 0.25) is 0 Å². The molecule has 0 aliphatic rings. The van der Waals surface area contributed by atoms with Gasteiger partial charge in [0, 0.05) is 0 Å². The molecule has 2 rings (SSSR count). The maximum absolute atomic E-state index is 6.20. The van der Waals surface area contributed by atoms with Crippen LogP contribution in [-0.2, 0) is 13.0 Å².